The van der Waals surface area contributed by atoms with Gasteiger partial charge in [0.2, 0.25) is 5.95 Å². The number of esters is 1. The van der Waals surface area contributed by atoms with Crippen LogP contribution in [0, 0.1) is 11.3 Å². The highest BCUT2D eigenvalue weighted by Crippen LogP contribution is 2.33. The summed E-state index contributed by atoms with van der Waals surface area (Å²) in [5.41, 5.74) is 3.16. The van der Waals surface area contributed by atoms with Crippen LogP contribution in [0.5, 0.6) is 0 Å². The summed E-state index contributed by atoms with van der Waals surface area (Å²) in [6.45, 7) is 3.56. The van der Waals surface area contributed by atoms with Crippen LogP contribution in [0.1, 0.15) is 53.2 Å². The molecule has 1 aliphatic rings. The van der Waals surface area contributed by atoms with E-state index < -0.39 is 5.97 Å². The van der Waals surface area contributed by atoms with Crippen molar-refractivity contribution >= 4 is 17.6 Å². The van der Waals surface area contributed by atoms with E-state index >= 15 is 0 Å². The van der Waals surface area contributed by atoms with E-state index in [4.69, 9.17) is 10.00 Å². The predicted octanol–water partition coefficient (Wildman–Crippen LogP) is 2.72. The zero-order valence-corrected chi connectivity index (χ0v) is 17.1. The number of hydrogen-bond donors (Lipinski definition) is 2. The average molecular weight is 418 g/mol. The predicted molar refractivity (Wildman–Crippen MR) is 111 cm³/mol. The van der Waals surface area contributed by atoms with Gasteiger partial charge in [-0.15, -0.1) is 0 Å². The zero-order chi connectivity index (χ0) is 21.6. The topological polar surface area (TPSA) is 133 Å². The van der Waals surface area contributed by atoms with Gasteiger partial charge in [0.1, 0.15) is 17.5 Å². The van der Waals surface area contributed by atoms with Crippen molar-refractivity contribution in [1.29, 1.82) is 5.26 Å². The molecule has 3 aromatic heterocycles. The summed E-state index contributed by atoms with van der Waals surface area (Å²) < 4.78 is 5.11. The first-order valence-electron chi connectivity index (χ1n) is 10.1. The van der Waals surface area contributed by atoms with Gasteiger partial charge in [-0.25, -0.2) is 19.7 Å². The van der Waals surface area contributed by atoms with Crippen molar-refractivity contribution in [1.82, 2.24) is 30.0 Å². The second-order valence-electron chi connectivity index (χ2n) is 7.09. The maximum absolute atomic E-state index is 12.1. The number of pyridine rings is 1. The highest BCUT2D eigenvalue weighted by atomic mass is 16.5. The van der Waals surface area contributed by atoms with Crippen molar-refractivity contribution in [3.05, 3.63) is 59.4 Å². The molecule has 10 heteroatoms. The van der Waals surface area contributed by atoms with E-state index in [1.54, 1.807) is 37.6 Å². The first kappa shape index (κ1) is 20.4. The van der Waals surface area contributed by atoms with Crippen molar-refractivity contribution in [2.24, 2.45) is 0 Å². The van der Waals surface area contributed by atoms with Crippen LogP contribution in [0.4, 0.5) is 11.6 Å². The highest BCUT2D eigenvalue weighted by Gasteiger charge is 2.29. The summed E-state index contributed by atoms with van der Waals surface area (Å²) in [5, 5.41) is 18.8. The van der Waals surface area contributed by atoms with E-state index in [9.17, 15) is 4.79 Å². The summed E-state index contributed by atoms with van der Waals surface area (Å²) in [5.74, 6) is 0.0710. The van der Waals surface area contributed by atoms with E-state index in [1.165, 1.54) is 0 Å². The minimum absolute atomic E-state index is 0.104. The number of anilines is 2. The number of rotatable bonds is 7. The molecule has 0 aliphatic carbocycles. The van der Waals surface area contributed by atoms with Gasteiger partial charge in [-0.1, -0.05) is 0 Å². The lowest BCUT2D eigenvalue weighted by atomic mass is 10.1. The molecule has 0 radical (unpaired) electrons. The summed E-state index contributed by atoms with van der Waals surface area (Å²) in [7, 11) is 0. The first-order valence-corrected chi connectivity index (χ1v) is 10.1. The van der Waals surface area contributed by atoms with Gasteiger partial charge >= 0.3 is 5.97 Å². The average Bonchev–Trinajstić information content (AvgIpc) is 3.45. The first-order chi connectivity index (χ1) is 15.2. The number of likely N-dealkylation sites (tertiary alicyclic amines) is 1. The molecule has 1 saturated heterocycles. The number of carbonyl (C=O) groups is 1. The third-order valence-corrected chi connectivity index (χ3v) is 5.09. The van der Waals surface area contributed by atoms with E-state index in [-0.39, 0.29) is 6.04 Å². The Labute approximate surface area is 179 Å². The lowest BCUT2D eigenvalue weighted by Crippen LogP contribution is -2.24. The summed E-state index contributed by atoms with van der Waals surface area (Å²) in [4.78, 5) is 27.5. The molecule has 4 rings (SSSR count). The number of nitrogens with zero attached hydrogens (tertiary/aromatic N) is 6. The van der Waals surface area contributed by atoms with Crippen molar-refractivity contribution in [3.8, 4) is 6.07 Å². The lowest BCUT2D eigenvalue weighted by molar-refractivity contribution is 0.0516. The van der Waals surface area contributed by atoms with Crippen molar-refractivity contribution in [2.75, 3.05) is 18.5 Å². The number of aromatic nitrogens is 5. The molecule has 0 spiro atoms. The highest BCUT2D eigenvalue weighted by molar-refractivity contribution is 5.88. The fourth-order valence-corrected chi connectivity index (χ4v) is 3.66. The molecule has 0 unspecified atom stereocenters. The van der Waals surface area contributed by atoms with Crippen LogP contribution in [-0.4, -0.2) is 49.2 Å². The van der Waals surface area contributed by atoms with Crippen LogP contribution in [-0.2, 0) is 11.3 Å². The third kappa shape index (κ3) is 4.67. The number of H-pyrrole nitrogens is 1. The number of ether oxygens (including phenoxy) is 1. The largest absolute Gasteiger partial charge is 0.461 e. The van der Waals surface area contributed by atoms with Crippen molar-refractivity contribution < 1.29 is 9.53 Å². The number of nitrogens with one attached hydrogen (secondary N) is 2. The van der Waals surface area contributed by atoms with Crippen LogP contribution in [0.2, 0.25) is 0 Å². The summed E-state index contributed by atoms with van der Waals surface area (Å²) in [6.07, 6.45) is 6.96. The van der Waals surface area contributed by atoms with Gasteiger partial charge in [0.25, 0.3) is 0 Å². The Morgan fingerprint density at radius 1 is 1.35 bits per heavy atom. The van der Waals surface area contributed by atoms with Gasteiger partial charge in [0.05, 0.1) is 36.4 Å². The Bertz CT molecular complexity index is 1090. The molecule has 0 amide bonds. The summed E-state index contributed by atoms with van der Waals surface area (Å²) >= 11 is 0. The molecular formula is C21H22N8O2. The number of nitriles is 1. The SMILES string of the molecule is CCOC(=O)c1[nH]ncc1CN1CCC[C@@H]1c1ccnc(Nc2ccc(C#N)nc2)n1. The van der Waals surface area contributed by atoms with Gasteiger partial charge in [-0.2, -0.15) is 10.4 Å². The Hall–Kier alpha value is -3.84. The Morgan fingerprint density at radius 2 is 2.26 bits per heavy atom. The molecule has 0 saturated carbocycles. The Balaban J connectivity index is 1.49. The molecule has 10 nitrogen and oxygen atoms in total. The molecule has 1 atom stereocenters. The lowest BCUT2D eigenvalue weighted by Gasteiger charge is -2.24. The molecule has 31 heavy (non-hydrogen) atoms. The second kappa shape index (κ2) is 9.32. The molecule has 2 N–H and O–H groups in total. The standard InChI is InChI=1S/C21H22N8O2/c1-2-31-20(30)19-14(11-25-28-19)13-29-9-3-4-18(29)17-7-8-23-21(27-17)26-16-6-5-15(10-22)24-12-16/h5-8,11-12,18H,2-4,9,13H2,1H3,(H,25,28)(H,23,26,27)/t18-/m1/s1. The van der Waals surface area contributed by atoms with Crippen LogP contribution in [0.3, 0.4) is 0 Å². The normalized spacial score (nSPS) is 16.1. The van der Waals surface area contributed by atoms with Crippen molar-refractivity contribution in [2.45, 2.75) is 32.4 Å². The number of carbonyl (C=O) groups excluding carboxylic acids is 1. The molecular weight excluding hydrogens is 396 g/mol. The molecule has 1 aliphatic heterocycles. The molecule has 0 bridgehead atoms. The van der Waals surface area contributed by atoms with Crippen LogP contribution in [0.25, 0.3) is 0 Å². The molecule has 158 valence electrons. The van der Waals surface area contributed by atoms with E-state index in [2.05, 4.69) is 35.4 Å². The van der Waals surface area contributed by atoms with Crippen LogP contribution in [0.15, 0.2) is 36.8 Å². The van der Waals surface area contributed by atoms with E-state index in [0.29, 0.717) is 36.2 Å². The molecule has 3 aromatic rings. The van der Waals surface area contributed by atoms with Gasteiger partial charge in [-0.3, -0.25) is 10.00 Å². The molecule has 1 fully saturated rings. The van der Waals surface area contributed by atoms with Gasteiger partial charge in [0.15, 0.2) is 0 Å². The van der Waals surface area contributed by atoms with E-state index in [1.807, 2.05) is 12.1 Å². The number of aromatic amines is 1. The summed E-state index contributed by atoms with van der Waals surface area (Å²) in [6, 6.07) is 7.41. The third-order valence-electron chi connectivity index (χ3n) is 5.09. The van der Waals surface area contributed by atoms with Gasteiger partial charge in [-0.05, 0) is 44.5 Å². The van der Waals surface area contributed by atoms with E-state index in [0.717, 1.165) is 30.6 Å². The maximum atomic E-state index is 12.1. The van der Waals surface area contributed by atoms with Crippen molar-refractivity contribution in [3.63, 3.8) is 0 Å². The quantitative estimate of drug-likeness (QED) is 0.556. The minimum Gasteiger partial charge on any atom is -0.461 e. The van der Waals surface area contributed by atoms with Crippen LogP contribution < -0.4 is 5.32 Å². The smallest absolute Gasteiger partial charge is 0.356 e. The van der Waals surface area contributed by atoms with Gasteiger partial charge < -0.3 is 10.1 Å². The minimum atomic E-state index is -0.393. The Morgan fingerprint density at radius 3 is 3.03 bits per heavy atom. The van der Waals surface area contributed by atoms with Crippen LogP contribution >= 0.6 is 0 Å². The van der Waals surface area contributed by atoms with Gasteiger partial charge in [0, 0.05) is 18.3 Å². The maximum Gasteiger partial charge on any atom is 0.356 e. The Kier molecular flexibility index (Phi) is 6.14. The second-order valence-corrected chi connectivity index (χ2v) is 7.09. The zero-order valence-electron chi connectivity index (χ0n) is 17.1. The fraction of sp³-hybridized carbons (Fsp3) is 0.333. The number of hydrogen-bond acceptors (Lipinski definition) is 9. The fourth-order valence-electron chi connectivity index (χ4n) is 3.66. The monoisotopic (exact) mass is 418 g/mol. The molecule has 4 heterocycles. The molecule has 0 aromatic carbocycles.